The van der Waals surface area contributed by atoms with E-state index in [1.165, 1.54) is 4.68 Å². The van der Waals surface area contributed by atoms with Gasteiger partial charge in [0.2, 0.25) is 5.91 Å². The number of carbonyl (C=O) groups excluding carboxylic acids is 1. The summed E-state index contributed by atoms with van der Waals surface area (Å²) in [5.74, 6) is -0.0463. The highest BCUT2D eigenvalue weighted by Crippen LogP contribution is 2.23. The van der Waals surface area contributed by atoms with E-state index < -0.39 is 0 Å². The van der Waals surface area contributed by atoms with Crippen molar-refractivity contribution < 1.29 is 4.79 Å². The Balaban J connectivity index is 1.56. The standard InChI is InChI=1S/C19H23BrClN5O2/c1-13(2)26-19(28)18(21)16(11-22-26)25-9-7-24(8-10-25)12-17(27)23-15-5-3-14(20)4-6-15/h3-6,11,13H,7-10,12H2,1-2H3,(H,23,27). The molecule has 150 valence electrons. The number of rotatable bonds is 5. The molecule has 1 amide bonds. The van der Waals surface area contributed by atoms with Crippen LogP contribution in [0.15, 0.2) is 39.7 Å². The van der Waals surface area contributed by atoms with Gasteiger partial charge in [-0.25, -0.2) is 4.68 Å². The van der Waals surface area contributed by atoms with Crippen molar-refractivity contribution >= 4 is 44.8 Å². The zero-order chi connectivity index (χ0) is 20.3. The Morgan fingerprint density at radius 1 is 1.21 bits per heavy atom. The molecule has 0 saturated carbocycles. The van der Waals surface area contributed by atoms with E-state index in [1.54, 1.807) is 6.20 Å². The fourth-order valence-electron chi connectivity index (χ4n) is 3.11. The molecule has 7 nitrogen and oxygen atoms in total. The normalized spacial score (nSPS) is 15.1. The van der Waals surface area contributed by atoms with Gasteiger partial charge in [-0.1, -0.05) is 27.5 Å². The van der Waals surface area contributed by atoms with Crippen LogP contribution in [0.2, 0.25) is 5.02 Å². The highest BCUT2D eigenvalue weighted by Gasteiger charge is 2.23. The summed E-state index contributed by atoms with van der Waals surface area (Å²) >= 11 is 9.68. The van der Waals surface area contributed by atoms with Crippen LogP contribution >= 0.6 is 27.5 Å². The monoisotopic (exact) mass is 467 g/mol. The predicted octanol–water partition coefficient (Wildman–Crippen LogP) is 3.00. The third kappa shape index (κ3) is 4.92. The van der Waals surface area contributed by atoms with Gasteiger partial charge in [0.05, 0.1) is 24.5 Å². The molecule has 28 heavy (non-hydrogen) atoms. The van der Waals surface area contributed by atoms with E-state index in [4.69, 9.17) is 11.6 Å². The topological polar surface area (TPSA) is 70.5 Å². The Morgan fingerprint density at radius 2 is 1.86 bits per heavy atom. The van der Waals surface area contributed by atoms with Crippen molar-refractivity contribution in [1.82, 2.24) is 14.7 Å². The minimum Gasteiger partial charge on any atom is -0.366 e. The lowest BCUT2D eigenvalue weighted by Crippen LogP contribution is -2.49. The van der Waals surface area contributed by atoms with Crippen LogP contribution in [0.4, 0.5) is 11.4 Å². The Kier molecular flexibility index (Phi) is 6.74. The van der Waals surface area contributed by atoms with Crippen molar-refractivity contribution in [3.8, 4) is 0 Å². The highest BCUT2D eigenvalue weighted by atomic mass is 79.9. The first-order valence-corrected chi connectivity index (χ1v) is 10.3. The van der Waals surface area contributed by atoms with Crippen LogP contribution in [0.5, 0.6) is 0 Å². The molecule has 0 radical (unpaired) electrons. The first-order valence-electron chi connectivity index (χ1n) is 9.15. The molecule has 1 aromatic carbocycles. The summed E-state index contributed by atoms with van der Waals surface area (Å²) in [6, 6.07) is 7.45. The van der Waals surface area contributed by atoms with E-state index in [0.717, 1.165) is 10.2 Å². The molecule has 3 rings (SSSR count). The SMILES string of the molecule is CC(C)n1ncc(N2CCN(CC(=O)Nc3ccc(Br)cc3)CC2)c(Cl)c1=O. The number of benzene rings is 1. The maximum absolute atomic E-state index is 12.4. The zero-order valence-electron chi connectivity index (χ0n) is 15.9. The van der Waals surface area contributed by atoms with Crippen molar-refractivity contribution in [1.29, 1.82) is 0 Å². The molecule has 2 heterocycles. The number of nitrogens with zero attached hydrogens (tertiary/aromatic N) is 4. The molecule has 0 aliphatic carbocycles. The van der Waals surface area contributed by atoms with Gasteiger partial charge in [-0.3, -0.25) is 14.5 Å². The first kappa shape index (κ1) is 20.8. The number of amides is 1. The van der Waals surface area contributed by atoms with Gasteiger partial charge < -0.3 is 10.2 Å². The van der Waals surface area contributed by atoms with Gasteiger partial charge in [-0.05, 0) is 38.1 Å². The number of carbonyl (C=O) groups is 1. The molecule has 0 atom stereocenters. The minimum atomic E-state index is -0.273. The lowest BCUT2D eigenvalue weighted by atomic mass is 10.2. The second-order valence-corrected chi connectivity index (χ2v) is 8.30. The van der Waals surface area contributed by atoms with Crippen LogP contribution < -0.4 is 15.8 Å². The molecular formula is C19H23BrClN5O2. The third-order valence-corrected chi connectivity index (χ3v) is 5.51. The summed E-state index contributed by atoms with van der Waals surface area (Å²) in [5.41, 5.74) is 1.16. The minimum absolute atomic E-state index is 0.0415. The second kappa shape index (κ2) is 9.07. The van der Waals surface area contributed by atoms with Crippen molar-refractivity contribution in [3.05, 3.63) is 50.3 Å². The number of hydrogen-bond donors (Lipinski definition) is 1. The molecule has 0 unspecified atom stereocenters. The van der Waals surface area contributed by atoms with E-state index in [-0.39, 0.29) is 22.5 Å². The Morgan fingerprint density at radius 3 is 2.46 bits per heavy atom. The average Bonchev–Trinajstić information content (AvgIpc) is 2.66. The quantitative estimate of drug-likeness (QED) is 0.730. The summed E-state index contributed by atoms with van der Waals surface area (Å²) in [7, 11) is 0. The molecular weight excluding hydrogens is 446 g/mol. The number of hydrogen-bond acceptors (Lipinski definition) is 5. The van der Waals surface area contributed by atoms with Crippen LogP contribution in [0.3, 0.4) is 0 Å². The summed E-state index contributed by atoms with van der Waals surface area (Å²) in [4.78, 5) is 28.7. The molecule has 1 aliphatic heterocycles. The lowest BCUT2D eigenvalue weighted by molar-refractivity contribution is -0.117. The maximum Gasteiger partial charge on any atom is 0.287 e. The van der Waals surface area contributed by atoms with E-state index in [2.05, 4.69) is 31.2 Å². The largest absolute Gasteiger partial charge is 0.366 e. The van der Waals surface area contributed by atoms with Gasteiger partial charge in [0.25, 0.3) is 5.56 Å². The van der Waals surface area contributed by atoms with E-state index in [9.17, 15) is 9.59 Å². The van der Waals surface area contributed by atoms with Crippen LogP contribution in [0.1, 0.15) is 19.9 Å². The van der Waals surface area contributed by atoms with Gasteiger partial charge in [0, 0.05) is 36.3 Å². The van der Waals surface area contributed by atoms with E-state index in [1.807, 2.05) is 43.0 Å². The molecule has 9 heteroatoms. The van der Waals surface area contributed by atoms with Gasteiger partial charge >= 0.3 is 0 Å². The summed E-state index contributed by atoms with van der Waals surface area (Å²) in [6.45, 7) is 6.88. The molecule has 1 aliphatic rings. The van der Waals surface area contributed by atoms with Crippen molar-refractivity contribution in [2.75, 3.05) is 42.9 Å². The molecule has 1 saturated heterocycles. The van der Waals surface area contributed by atoms with Gasteiger partial charge in [0.1, 0.15) is 5.02 Å². The van der Waals surface area contributed by atoms with Crippen molar-refractivity contribution in [2.24, 2.45) is 0 Å². The fourth-order valence-corrected chi connectivity index (χ4v) is 3.63. The Bertz CT molecular complexity index is 892. The van der Waals surface area contributed by atoms with Crippen LogP contribution in [-0.2, 0) is 4.79 Å². The second-order valence-electron chi connectivity index (χ2n) is 7.01. The lowest BCUT2D eigenvalue weighted by Gasteiger charge is -2.35. The number of aromatic nitrogens is 2. The first-order chi connectivity index (χ1) is 13.3. The molecule has 0 bridgehead atoms. The highest BCUT2D eigenvalue weighted by molar-refractivity contribution is 9.10. The van der Waals surface area contributed by atoms with Crippen molar-refractivity contribution in [2.45, 2.75) is 19.9 Å². The van der Waals surface area contributed by atoms with Crippen molar-refractivity contribution in [3.63, 3.8) is 0 Å². The van der Waals surface area contributed by atoms with Crippen LogP contribution in [0.25, 0.3) is 0 Å². The number of piperazine rings is 1. The van der Waals surface area contributed by atoms with E-state index >= 15 is 0 Å². The summed E-state index contributed by atoms with van der Waals surface area (Å²) < 4.78 is 2.35. The maximum atomic E-state index is 12.4. The number of halogens is 2. The number of nitrogens with one attached hydrogen (secondary N) is 1. The van der Waals surface area contributed by atoms with Gasteiger partial charge in [-0.15, -0.1) is 0 Å². The van der Waals surface area contributed by atoms with Crippen LogP contribution in [0, 0.1) is 0 Å². The van der Waals surface area contributed by atoms with Gasteiger partial charge in [0.15, 0.2) is 0 Å². The smallest absolute Gasteiger partial charge is 0.287 e. The zero-order valence-corrected chi connectivity index (χ0v) is 18.2. The Hall–Kier alpha value is -1.90. The molecule has 2 aromatic rings. The Labute approximate surface area is 177 Å². The summed E-state index contributed by atoms with van der Waals surface area (Å²) in [5, 5.41) is 7.33. The van der Waals surface area contributed by atoms with Gasteiger partial charge in [-0.2, -0.15) is 5.10 Å². The van der Waals surface area contributed by atoms with Crippen LogP contribution in [-0.4, -0.2) is 53.3 Å². The summed E-state index contributed by atoms with van der Waals surface area (Å²) in [6.07, 6.45) is 1.65. The molecule has 0 spiro atoms. The van der Waals surface area contributed by atoms with E-state index in [0.29, 0.717) is 38.4 Å². The number of anilines is 2. The third-order valence-electron chi connectivity index (χ3n) is 4.62. The molecule has 1 N–H and O–H groups in total. The molecule has 1 aromatic heterocycles. The predicted molar refractivity (Wildman–Crippen MR) is 115 cm³/mol. The molecule has 1 fully saturated rings. The fraction of sp³-hybridized carbons (Fsp3) is 0.421. The average molecular weight is 469 g/mol.